The Kier molecular flexibility index (Phi) is 5.58. The number of aromatic nitrogens is 2. The summed E-state index contributed by atoms with van der Waals surface area (Å²) in [5, 5.41) is 2.50. The monoisotopic (exact) mass is 404 g/mol. The van der Waals surface area contributed by atoms with Gasteiger partial charge in [0.25, 0.3) is 5.91 Å². The number of alkyl halides is 3. The van der Waals surface area contributed by atoms with Crippen LogP contribution in [0.5, 0.6) is 0 Å². The van der Waals surface area contributed by atoms with Crippen LogP contribution in [0.1, 0.15) is 27.4 Å². The van der Waals surface area contributed by atoms with Crippen molar-refractivity contribution in [1.82, 2.24) is 15.3 Å². The molecule has 0 saturated heterocycles. The summed E-state index contributed by atoms with van der Waals surface area (Å²) in [7, 11) is 3.43. The van der Waals surface area contributed by atoms with E-state index in [0.29, 0.717) is 17.2 Å². The van der Waals surface area contributed by atoms with Crippen LogP contribution in [0.25, 0.3) is 11.5 Å². The van der Waals surface area contributed by atoms with Gasteiger partial charge < -0.3 is 14.6 Å². The first kappa shape index (κ1) is 20.4. The van der Waals surface area contributed by atoms with E-state index in [0.717, 1.165) is 6.07 Å². The van der Waals surface area contributed by atoms with Gasteiger partial charge in [0.2, 0.25) is 5.95 Å². The van der Waals surface area contributed by atoms with Crippen molar-refractivity contribution >= 4 is 11.9 Å². The molecule has 1 amide bonds. The lowest BCUT2D eigenvalue weighted by molar-refractivity contribution is -0.138. The van der Waals surface area contributed by atoms with Gasteiger partial charge in [-0.15, -0.1) is 0 Å². The zero-order valence-corrected chi connectivity index (χ0v) is 16.0. The van der Waals surface area contributed by atoms with Gasteiger partial charge in [0.1, 0.15) is 17.1 Å². The first-order chi connectivity index (χ1) is 13.6. The molecule has 0 spiro atoms. The van der Waals surface area contributed by atoms with Crippen LogP contribution in [-0.4, -0.2) is 30.0 Å². The molecule has 0 aliphatic heterocycles. The molecule has 1 N–H and O–H groups in total. The first-order valence-corrected chi connectivity index (χ1v) is 8.71. The average molecular weight is 404 g/mol. The Labute approximate surface area is 165 Å². The van der Waals surface area contributed by atoms with Crippen LogP contribution in [0, 0.1) is 6.92 Å². The third kappa shape index (κ3) is 4.74. The molecule has 9 heteroatoms. The molecule has 6 nitrogen and oxygen atoms in total. The van der Waals surface area contributed by atoms with E-state index in [1.807, 2.05) is 0 Å². The van der Waals surface area contributed by atoms with Crippen LogP contribution >= 0.6 is 0 Å². The fraction of sp³-hybridized carbons (Fsp3) is 0.250. The zero-order chi connectivity index (χ0) is 21.2. The van der Waals surface area contributed by atoms with E-state index < -0.39 is 17.6 Å². The van der Waals surface area contributed by atoms with Crippen LogP contribution < -0.4 is 10.2 Å². The number of carbonyl (C=O) groups is 1. The van der Waals surface area contributed by atoms with Crippen molar-refractivity contribution in [1.29, 1.82) is 0 Å². The molecule has 1 aromatic carbocycles. The first-order valence-electron chi connectivity index (χ1n) is 8.71. The molecule has 0 fully saturated rings. The van der Waals surface area contributed by atoms with Gasteiger partial charge in [0.05, 0.1) is 5.56 Å². The summed E-state index contributed by atoms with van der Waals surface area (Å²) in [6.07, 6.45) is -4.50. The lowest BCUT2D eigenvalue weighted by Crippen LogP contribution is -2.26. The van der Waals surface area contributed by atoms with E-state index in [1.54, 1.807) is 38.1 Å². The summed E-state index contributed by atoms with van der Waals surface area (Å²) >= 11 is 0. The highest BCUT2D eigenvalue weighted by atomic mass is 19.4. The van der Waals surface area contributed by atoms with Gasteiger partial charge in [0.15, 0.2) is 5.76 Å². The van der Waals surface area contributed by atoms with Gasteiger partial charge >= 0.3 is 6.18 Å². The summed E-state index contributed by atoms with van der Waals surface area (Å²) in [5.74, 6) is 0.804. The zero-order valence-electron chi connectivity index (χ0n) is 16.0. The molecule has 0 atom stereocenters. The number of carbonyl (C=O) groups excluding carboxylic acids is 1. The molecule has 3 rings (SSSR count). The van der Waals surface area contributed by atoms with Crippen LogP contribution in [0.3, 0.4) is 0 Å². The predicted octanol–water partition coefficient (Wildman–Crippen LogP) is 4.06. The molecule has 152 valence electrons. The number of nitrogens with zero attached hydrogens (tertiary/aromatic N) is 3. The van der Waals surface area contributed by atoms with Crippen LogP contribution in [-0.2, 0) is 12.7 Å². The SMILES string of the molecule is Cc1ccc(-c2cc(C(=O)NCc3ccccc3C(F)(F)F)nc(N(C)C)n2)o1. The normalized spacial score (nSPS) is 11.4. The van der Waals surface area contributed by atoms with Crippen molar-refractivity contribution < 1.29 is 22.4 Å². The van der Waals surface area contributed by atoms with Crippen LogP contribution in [0.15, 0.2) is 46.9 Å². The number of halogens is 3. The van der Waals surface area contributed by atoms with Gasteiger partial charge in [-0.1, -0.05) is 18.2 Å². The van der Waals surface area contributed by atoms with Gasteiger partial charge in [0, 0.05) is 20.6 Å². The second kappa shape index (κ2) is 7.94. The Morgan fingerprint density at radius 2 is 1.86 bits per heavy atom. The molecule has 29 heavy (non-hydrogen) atoms. The van der Waals surface area contributed by atoms with E-state index in [-0.39, 0.29) is 23.8 Å². The number of nitrogens with one attached hydrogen (secondary N) is 1. The second-order valence-corrected chi connectivity index (χ2v) is 6.58. The molecule has 0 aliphatic carbocycles. The average Bonchev–Trinajstić information content (AvgIpc) is 3.11. The minimum Gasteiger partial charge on any atom is -0.460 e. The number of hydrogen-bond acceptors (Lipinski definition) is 5. The van der Waals surface area contributed by atoms with E-state index in [1.165, 1.54) is 24.3 Å². The van der Waals surface area contributed by atoms with Crippen molar-refractivity contribution in [3.8, 4) is 11.5 Å². The van der Waals surface area contributed by atoms with E-state index in [4.69, 9.17) is 4.42 Å². The highest BCUT2D eigenvalue weighted by Gasteiger charge is 2.32. The maximum atomic E-state index is 13.1. The summed E-state index contributed by atoms with van der Waals surface area (Å²) in [4.78, 5) is 22.8. The number of aryl methyl sites for hydroxylation is 1. The molecule has 3 aromatic rings. The summed E-state index contributed by atoms with van der Waals surface area (Å²) in [6, 6.07) is 10.0. The lowest BCUT2D eigenvalue weighted by atomic mass is 10.1. The van der Waals surface area contributed by atoms with Gasteiger partial charge in [-0.2, -0.15) is 13.2 Å². The van der Waals surface area contributed by atoms with Crippen molar-refractivity contribution in [3.63, 3.8) is 0 Å². The fourth-order valence-electron chi connectivity index (χ4n) is 2.67. The molecule has 0 saturated carbocycles. The third-order valence-corrected chi connectivity index (χ3v) is 4.10. The minimum atomic E-state index is -4.50. The number of benzene rings is 1. The predicted molar refractivity (Wildman–Crippen MR) is 101 cm³/mol. The number of amides is 1. The third-order valence-electron chi connectivity index (χ3n) is 4.10. The van der Waals surface area contributed by atoms with Gasteiger partial charge in [-0.3, -0.25) is 4.79 Å². The van der Waals surface area contributed by atoms with Crippen molar-refractivity contribution in [2.45, 2.75) is 19.6 Å². The Hall–Kier alpha value is -3.36. The van der Waals surface area contributed by atoms with Gasteiger partial charge in [-0.05, 0) is 36.8 Å². The quantitative estimate of drug-likeness (QED) is 0.694. The molecule has 2 aromatic heterocycles. The molecule has 0 radical (unpaired) electrons. The maximum Gasteiger partial charge on any atom is 0.416 e. The number of hydrogen-bond donors (Lipinski definition) is 1. The van der Waals surface area contributed by atoms with Crippen molar-refractivity contribution in [2.75, 3.05) is 19.0 Å². The number of anilines is 1. The van der Waals surface area contributed by atoms with Crippen LogP contribution in [0.4, 0.5) is 19.1 Å². The number of furan rings is 1. The topological polar surface area (TPSA) is 71.3 Å². The fourth-order valence-corrected chi connectivity index (χ4v) is 2.67. The second-order valence-electron chi connectivity index (χ2n) is 6.58. The Morgan fingerprint density at radius 3 is 2.48 bits per heavy atom. The summed E-state index contributed by atoms with van der Waals surface area (Å²) < 4.78 is 44.9. The van der Waals surface area contributed by atoms with E-state index >= 15 is 0 Å². The summed E-state index contributed by atoms with van der Waals surface area (Å²) in [6.45, 7) is 1.49. The smallest absolute Gasteiger partial charge is 0.416 e. The number of rotatable bonds is 5. The molecule has 2 heterocycles. The molecular formula is C20H19F3N4O2. The molecule has 0 bridgehead atoms. The lowest BCUT2D eigenvalue weighted by Gasteiger charge is -2.14. The molecule has 0 unspecified atom stereocenters. The van der Waals surface area contributed by atoms with E-state index in [2.05, 4.69) is 15.3 Å². The Bertz CT molecular complexity index is 1030. The molecule has 0 aliphatic rings. The largest absolute Gasteiger partial charge is 0.460 e. The highest BCUT2D eigenvalue weighted by Crippen LogP contribution is 2.31. The van der Waals surface area contributed by atoms with Crippen molar-refractivity contribution in [2.24, 2.45) is 0 Å². The molecular weight excluding hydrogens is 385 g/mol. The minimum absolute atomic E-state index is 0.0252. The summed E-state index contributed by atoms with van der Waals surface area (Å²) in [5.41, 5.74) is -0.393. The van der Waals surface area contributed by atoms with Crippen LogP contribution in [0.2, 0.25) is 0 Å². The van der Waals surface area contributed by atoms with Crippen molar-refractivity contribution in [3.05, 3.63) is 65.0 Å². The Morgan fingerprint density at radius 1 is 1.14 bits per heavy atom. The Balaban J connectivity index is 1.87. The maximum absolute atomic E-state index is 13.1. The highest BCUT2D eigenvalue weighted by molar-refractivity contribution is 5.93. The van der Waals surface area contributed by atoms with E-state index in [9.17, 15) is 18.0 Å². The standard InChI is InChI=1S/C20H19F3N4O2/c1-12-8-9-17(29-12)15-10-16(26-19(25-15)27(2)3)18(28)24-11-13-6-4-5-7-14(13)20(21,22)23/h4-10H,11H2,1-3H3,(H,24,28). The van der Waals surface area contributed by atoms with Gasteiger partial charge in [-0.25, -0.2) is 9.97 Å².